The van der Waals surface area contributed by atoms with Crippen LogP contribution in [0.1, 0.15) is 42.6 Å². The standard InChI is InChI=1S/C32H35Cl2N5O4/c1-20(2)43-27-18-25(42-3)12-13-26(27)31-36-29(21-4-8-23(33)9-5-21)30(22-6-10-24(34)11-7-22)39(31)32(41)38-16-14-37(15-17-38)28(40)19-35/h4-13,18,20,29-30H,14-17,19,35H2,1-3H3/t29?,30-/m0/s1. The predicted molar refractivity (Wildman–Crippen MR) is 168 cm³/mol. The maximum atomic E-state index is 14.6. The molecule has 0 radical (unpaired) electrons. The molecule has 9 nitrogen and oxygen atoms in total. The molecule has 2 heterocycles. The van der Waals surface area contributed by atoms with E-state index in [1.165, 1.54) is 0 Å². The summed E-state index contributed by atoms with van der Waals surface area (Å²) in [5.74, 6) is 1.52. The lowest BCUT2D eigenvalue weighted by molar-refractivity contribution is -0.131. The lowest BCUT2D eigenvalue weighted by Gasteiger charge is -2.39. The Morgan fingerprint density at radius 1 is 0.907 bits per heavy atom. The molecule has 2 atom stereocenters. The Kier molecular flexibility index (Phi) is 9.44. The number of aliphatic imine (C=N–C) groups is 1. The first kappa shape index (κ1) is 30.7. The number of urea groups is 1. The molecule has 2 aliphatic rings. The van der Waals surface area contributed by atoms with Gasteiger partial charge in [-0.25, -0.2) is 4.79 Å². The van der Waals surface area contributed by atoms with Gasteiger partial charge in [-0.15, -0.1) is 0 Å². The number of amides is 3. The molecular weight excluding hydrogens is 589 g/mol. The largest absolute Gasteiger partial charge is 0.497 e. The second-order valence-corrected chi connectivity index (χ2v) is 11.6. The molecule has 0 aromatic heterocycles. The van der Waals surface area contributed by atoms with Crippen molar-refractivity contribution in [1.29, 1.82) is 0 Å². The fraction of sp³-hybridized carbons (Fsp3) is 0.344. The van der Waals surface area contributed by atoms with Gasteiger partial charge in [0.25, 0.3) is 0 Å². The Labute approximate surface area is 261 Å². The normalized spacial score (nSPS) is 18.6. The molecule has 1 saturated heterocycles. The molecule has 0 spiro atoms. The number of carbonyl (C=O) groups excluding carboxylic acids is 2. The van der Waals surface area contributed by atoms with Gasteiger partial charge < -0.3 is 25.0 Å². The molecule has 0 aliphatic carbocycles. The maximum absolute atomic E-state index is 14.6. The number of carbonyl (C=O) groups is 2. The third-order valence-corrected chi connectivity index (χ3v) is 8.07. The lowest BCUT2D eigenvalue weighted by atomic mass is 9.93. The van der Waals surface area contributed by atoms with E-state index >= 15 is 0 Å². The first-order valence-electron chi connectivity index (χ1n) is 14.2. The summed E-state index contributed by atoms with van der Waals surface area (Å²) in [6, 6.07) is 19.3. The van der Waals surface area contributed by atoms with Crippen LogP contribution in [0.4, 0.5) is 4.79 Å². The number of nitrogens with zero attached hydrogens (tertiary/aromatic N) is 4. The van der Waals surface area contributed by atoms with Crippen molar-refractivity contribution in [2.75, 3.05) is 39.8 Å². The van der Waals surface area contributed by atoms with E-state index in [2.05, 4.69) is 0 Å². The van der Waals surface area contributed by atoms with Gasteiger partial charge >= 0.3 is 6.03 Å². The molecule has 3 aromatic rings. The van der Waals surface area contributed by atoms with Crippen LogP contribution in [0.3, 0.4) is 0 Å². The molecule has 2 N–H and O–H groups in total. The first-order valence-corrected chi connectivity index (χ1v) is 15.0. The molecule has 5 rings (SSSR count). The number of benzene rings is 3. The molecule has 43 heavy (non-hydrogen) atoms. The maximum Gasteiger partial charge on any atom is 0.326 e. The van der Waals surface area contributed by atoms with Gasteiger partial charge in [0.1, 0.15) is 23.4 Å². The fourth-order valence-corrected chi connectivity index (χ4v) is 5.70. The van der Waals surface area contributed by atoms with E-state index in [1.54, 1.807) is 21.8 Å². The quantitative estimate of drug-likeness (QED) is 0.371. The first-order chi connectivity index (χ1) is 20.7. The summed E-state index contributed by atoms with van der Waals surface area (Å²) in [5.41, 5.74) is 8.02. The molecule has 11 heteroatoms. The Morgan fingerprint density at radius 2 is 1.49 bits per heavy atom. The van der Waals surface area contributed by atoms with Crippen molar-refractivity contribution in [3.63, 3.8) is 0 Å². The molecule has 2 aliphatic heterocycles. The van der Waals surface area contributed by atoms with Gasteiger partial charge in [-0.2, -0.15) is 0 Å². The van der Waals surface area contributed by atoms with Crippen molar-refractivity contribution in [3.05, 3.63) is 93.5 Å². The summed E-state index contributed by atoms with van der Waals surface area (Å²) >= 11 is 12.5. The minimum absolute atomic E-state index is 0.0611. The summed E-state index contributed by atoms with van der Waals surface area (Å²) in [7, 11) is 1.60. The number of hydrogen-bond donors (Lipinski definition) is 1. The zero-order chi connectivity index (χ0) is 30.7. The molecule has 0 bridgehead atoms. The Morgan fingerprint density at radius 3 is 2.05 bits per heavy atom. The number of halogens is 2. The Hall–Kier alpha value is -3.79. The van der Waals surface area contributed by atoms with E-state index in [0.29, 0.717) is 59.1 Å². The number of methoxy groups -OCH3 is 1. The van der Waals surface area contributed by atoms with E-state index in [1.807, 2.05) is 80.6 Å². The summed E-state index contributed by atoms with van der Waals surface area (Å²) in [6.45, 7) is 5.36. The van der Waals surface area contributed by atoms with Gasteiger partial charge in [-0.3, -0.25) is 14.7 Å². The van der Waals surface area contributed by atoms with Gasteiger partial charge in [0, 0.05) is 42.3 Å². The molecule has 0 saturated carbocycles. The average molecular weight is 625 g/mol. The van der Waals surface area contributed by atoms with Crippen molar-refractivity contribution in [1.82, 2.24) is 14.7 Å². The summed E-state index contributed by atoms with van der Waals surface area (Å²) in [5, 5.41) is 1.20. The van der Waals surface area contributed by atoms with E-state index in [9.17, 15) is 9.59 Å². The van der Waals surface area contributed by atoms with E-state index in [0.717, 1.165) is 11.1 Å². The van der Waals surface area contributed by atoms with E-state index in [-0.39, 0.29) is 24.6 Å². The van der Waals surface area contributed by atoms with Crippen molar-refractivity contribution in [2.45, 2.75) is 32.0 Å². The smallest absolute Gasteiger partial charge is 0.326 e. The Bertz CT molecular complexity index is 1490. The van der Waals surface area contributed by atoms with Crippen LogP contribution < -0.4 is 15.2 Å². The highest BCUT2D eigenvalue weighted by Gasteiger charge is 2.45. The fourth-order valence-electron chi connectivity index (χ4n) is 5.45. The highest BCUT2D eigenvalue weighted by molar-refractivity contribution is 6.30. The molecule has 3 aromatic carbocycles. The van der Waals surface area contributed by atoms with Crippen molar-refractivity contribution in [2.24, 2.45) is 10.7 Å². The molecule has 226 valence electrons. The predicted octanol–water partition coefficient (Wildman–Crippen LogP) is 5.56. The van der Waals surface area contributed by atoms with Crippen LogP contribution in [0, 0.1) is 0 Å². The number of piperazine rings is 1. The van der Waals surface area contributed by atoms with Gasteiger partial charge in [-0.1, -0.05) is 47.5 Å². The minimum atomic E-state index is -0.501. The molecule has 1 fully saturated rings. The molecule has 1 unspecified atom stereocenters. The summed E-state index contributed by atoms with van der Waals surface area (Å²) in [6.07, 6.45) is -0.135. The van der Waals surface area contributed by atoms with Crippen molar-refractivity contribution >= 4 is 41.0 Å². The van der Waals surface area contributed by atoms with Crippen LogP contribution in [-0.4, -0.2) is 78.4 Å². The monoisotopic (exact) mass is 623 g/mol. The van der Waals surface area contributed by atoms with E-state index in [4.69, 9.17) is 43.4 Å². The topological polar surface area (TPSA) is 101 Å². The van der Waals surface area contributed by atoms with Gasteiger partial charge in [0.2, 0.25) is 5.91 Å². The zero-order valence-corrected chi connectivity index (χ0v) is 25.9. The summed E-state index contributed by atoms with van der Waals surface area (Å²) in [4.78, 5) is 37.3. The Balaban J connectivity index is 1.64. The second-order valence-electron chi connectivity index (χ2n) is 10.7. The minimum Gasteiger partial charge on any atom is -0.497 e. The lowest BCUT2D eigenvalue weighted by Crippen LogP contribution is -2.55. The number of nitrogens with two attached hydrogens (primary N) is 1. The third-order valence-electron chi connectivity index (χ3n) is 7.57. The molecular formula is C32H35Cl2N5O4. The number of amidine groups is 1. The highest BCUT2D eigenvalue weighted by Crippen LogP contribution is 2.46. The van der Waals surface area contributed by atoms with Crippen molar-refractivity contribution < 1.29 is 19.1 Å². The molecule has 3 amide bonds. The second kappa shape index (κ2) is 13.2. The number of hydrogen-bond acceptors (Lipinski definition) is 6. The average Bonchev–Trinajstić information content (AvgIpc) is 3.41. The third kappa shape index (κ3) is 6.59. The van der Waals surface area contributed by atoms with Crippen LogP contribution >= 0.6 is 23.2 Å². The zero-order valence-electron chi connectivity index (χ0n) is 24.4. The highest BCUT2D eigenvalue weighted by atomic mass is 35.5. The van der Waals surface area contributed by atoms with Crippen LogP contribution in [-0.2, 0) is 4.79 Å². The van der Waals surface area contributed by atoms with Gasteiger partial charge in [-0.05, 0) is 61.4 Å². The van der Waals surface area contributed by atoms with Crippen LogP contribution in [0.15, 0.2) is 71.7 Å². The van der Waals surface area contributed by atoms with Crippen LogP contribution in [0.5, 0.6) is 11.5 Å². The van der Waals surface area contributed by atoms with E-state index < -0.39 is 12.1 Å². The summed E-state index contributed by atoms with van der Waals surface area (Å²) < 4.78 is 11.7. The number of ether oxygens (including phenoxy) is 2. The SMILES string of the molecule is COc1ccc(C2=NC(c3ccc(Cl)cc3)[C@H](c3ccc(Cl)cc3)N2C(=O)N2CCN(C(=O)CN)CC2)c(OC(C)C)c1. The van der Waals surface area contributed by atoms with Crippen molar-refractivity contribution in [3.8, 4) is 11.5 Å². The van der Waals surface area contributed by atoms with Crippen LogP contribution in [0.25, 0.3) is 0 Å². The number of rotatable bonds is 7. The van der Waals surface area contributed by atoms with Gasteiger partial charge in [0.05, 0.1) is 31.4 Å². The van der Waals surface area contributed by atoms with Crippen LogP contribution in [0.2, 0.25) is 10.0 Å². The van der Waals surface area contributed by atoms with Gasteiger partial charge in [0.15, 0.2) is 0 Å².